The highest BCUT2D eigenvalue weighted by Gasteiger charge is 2.05. The Labute approximate surface area is 145 Å². The highest BCUT2D eigenvalue weighted by Crippen LogP contribution is 2.17. The Hall–Kier alpha value is -1.53. The molecule has 23 heavy (non-hydrogen) atoms. The van der Waals surface area contributed by atoms with Gasteiger partial charge in [-0.2, -0.15) is 0 Å². The first kappa shape index (κ1) is 17.8. The average Bonchev–Trinajstić information content (AvgIpc) is 2.53. The molecule has 122 valence electrons. The van der Waals surface area contributed by atoms with Crippen molar-refractivity contribution in [2.24, 2.45) is 0 Å². The molecule has 0 fully saturated rings. The third-order valence-corrected chi connectivity index (χ3v) is 4.89. The molecular formula is C17H21N3OS2. The van der Waals surface area contributed by atoms with E-state index < -0.39 is 0 Å². The molecule has 0 bridgehead atoms. The topological polar surface area (TPSA) is 54.9 Å². The van der Waals surface area contributed by atoms with Crippen molar-refractivity contribution in [3.63, 3.8) is 0 Å². The van der Waals surface area contributed by atoms with Gasteiger partial charge in [0, 0.05) is 22.8 Å². The predicted molar refractivity (Wildman–Crippen MR) is 97.0 cm³/mol. The van der Waals surface area contributed by atoms with Crippen LogP contribution < -0.4 is 5.32 Å². The number of thioether (sulfide) groups is 2. The van der Waals surface area contributed by atoms with Crippen molar-refractivity contribution >= 4 is 29.4 Å². The van der Waals surface area contributed by atoms with Gasteiger partial charge in [0.15, 0.2) is 5.16 Å². The van der Waals surface area contributed by atoms with Gasteiger partial charge in [0.05, 0.1) is 5.75 Å². The molecule has 6 heteroatoms. The lowest BCUT2D eigenvalue weighted by Crippen LogP contribution is -2.26. The molecular weight excluding hydrogens is 326 g/mol. The minimum atomic E-state index is 0.0301. The van der Waals surface area contributed by atoms with Crippen LogP contribution in [0.1, 0.15) is 17.8 Å². The third kappa shape index (κ3) is 7.05. The normalized spacial score (nSPS) is 10.5. The Balaban J connectivity index is 1.60. The van der Waals surface area contributed by atoms with E-state index in [0.29, 0.717) is 17.5 Å². The Morgan fingerprint density at radius 2 is 1.78 bits per heavy atom. The number of carbonyl (C=O) groups excluding carboxylic acids is 1. The number of rotatable bonds is 8. The summed E-state index contributed by atoms with van der Waals surface area (Å²) in [6.45, 7) is 4.57. The third-order valence-electron chi connectivity index (χ3n) is 2.95. The molecule has 0 aliphatic carbocycles. The van der Waals surface area contributed by atoms with Crippen molar-refractivity contribution in [1.82, 2.24) is 15.3 Å². The van der Waals surface area contributed by atoms with E-state index in [1.165, 1.54) is 16.7 Å². The van der Waals surface area contributed by atoms with Crippen LogP contribution in [0.15, 0.2) is 46.5 Å². The lowest BCUT2D eigenvalue weighted by molar-refractivity contribution is -0.118. The summed E-state index contributed by atoms with van der Waals surface area (Å²) in [5, 5.41) is 3.60. The molecule has 0 spiro atoms. The van der Waals surface area contributed by atoms with Crippen LogP contribution >= 0.6 is 23.5 Å². The van der Waals surface area contributed by atoms with E-state index in [2.05, 4.69) is 27.4 Å². The molecule has 0 saturated heterocycles. The zero-order chi connectivity index (χ0) is 16.5. The minimum Gasteiger partial charge on any atom is -0.355 e. The first-order valence-electron chi connectivity index (χ1n) is 7.53. The Morgan fingerprint density at radius 1 is 1.09 bits per heavy atom. The van der Waals surface area contributed by atoms with Crippen molar-refractivity contribution in [2.75, 3.05) is 18.1 Å². The maximum absolute atomic E-state index is 11.8. The number of amides is 1. The van der Waals surface area contributed by atoms with Crippen molar-refractivity contribution in [3.8, 4) is 0 Å². The molecule has 0 aliphatic heterocycles. The summed E-state index contributed by atoms with van der Waals surface area (Å²) in [5.41, 5.74) is 1.86. The van der Waals surface area contributed by atoms with Crippen molar-refractivity contribution < 1.29 is 4.79 Å². The molecule has 1 amide bonds. The van der Waals surface area contributed by atoms with Gasteiger partial charge in [0.25, 0.3) is 0 Å². The van der Waals surface area contributed by atoms with E-state index in [-0.39, 0.29) is 5.91 Å². The molecule has 0 unspecified atom stereocenters. The molecule has 4 nitrogen and oxygen atoms in total. The lowest BCUT2D eigenvalue weighted by atomic mass is 10.4. The van der Waals surface area contributed by atoms with Crippen LogP contribution in [-0.4, -0.2) is 33.9 Å². The summed E-state index contributed by atoms with van der Waals surface area (Å²) >= 11 is 3.19. The van der Waals surface area contributed by atoms with Gasteiger partial charge in [-0.15, -0.1) is 11.8 Å². The number of hydrogen-bond donors (Lipinski definition) is 1. The molecule has 0 radical (unpaired) electrons. The zero-order valence-electron chi connectivity index (χ0n) is 13.4. The number of aryl methyl sites for hydroxylation is 2. The fraction of sp³-hybridized carbons (Fsp3) is 0.353. The quantitative estimate of drug-likeness (QED) is 0.450. The monoisotopic (exact) mass is 347 g/mol. The standard InChI is InChI=1S/C17H21N3OS2/c1-13-11-14(2)20-17(19-13)23-12-16(21)18-9-6-10-22-15-7-4-3-5-8-15/h3-5,7-8,11H,6,9-10,12H2,1-2H3,(H,18,21). The fourth-order valence-corrected chi connectivity index (χ4v) is 3.60. The maximum Gasteiger partial charge on any atom is 0.230 e. The van der Waals surface area contributed by atoms with E-state index in [0.717, 1.165) is 23.6 Å². The summed E-state index contributed by atoms with van der Waals surface area (Å²) in [5.74, 6) is 1.38. The second-order valence-corrected chi connectivity index (χ2v) is 7.20. The summed E-state index contributed by atoms with van der Waals surface area (Å²) in [4.78, 5) is 21.7. The van der Waals surface area contributed by atoms with Gasteiger partial charge in [-0.1, -0.05) is 30.0 Å². The molecule has 2 rings (SSSR count). The summed E-state index contributed by atoms with van der Waals surface area (Å²) < 4.78 is 0. The Bertz CT molecular complexity index is 615. The van der Waals surface area contributed by atoms with Gasteiger partial charge in [0.1, 0.15) is 0 Å². The Kier molecular flexibility index (Phi) is 7.42. The van der Waals surface area contributed by atoms with Gasteiger partial charge in [-0.05, 0) is 44.2 Å². The molecule has 0 atom stereocenters. The number of benzene rings is 1. The van der Waals surface area contributed by atoms with E-state index >= 15 is 0 Å². The minimum absolute atomic E-state index is 0.0301. The zero-order valence-corrected chi connectivity index (χ0v) is 15.0. The molecule has 0 aliphatic rings. The molecule has 0 saturated carbocycles. The smallest absolute Gasteiger partial charge is 0.230 e. The maximum atomic E-state index is 11.8. The molecule has 1 heterocycles. The first-order chi connectivity index (χ1) is 11.1. The number of nitrogens with zero attached hydrogens (tertiary/aromatic N) is 2. The second kappa shape index (κ2) is 9.57. The van der Waals surface area contributed by atoms with E-state index in [1.807, 2.05) is 49.9 Å². The van der Waals surface area contributed by atoms with Crippen LogP contribution in [0.4, 0.5) is 0 Å². The van der Waals surface area contributed by atoms with Crippen LogP contribution in [0.25, 0.3) is 0 Å². The van der Waals surface area contributed by atoms with Gasteiger partial charge >= 0.3 is 0 Å². The molecule has 1 N–H and O–H groups in total. The van der Waals surface area contributed by atoms with Gasteiger partial charge in [-0.25, -0.2) is 9.97 Å². The highest BCUT2D eigenvalue weighted by molar-refractivity contribution is 7.99. The predicted octanol–water partition coefficient (Wildman–Crippen LogP) is 3.48. The first-order valence-corrected chi connectivity index (χ1v) is 9.50. The summed E-state index contributed by atoms with van der Waals surface area (Å²) in [6, 6.07) is 12.2. The van der Waals surface area contributed by atoms with Gasteiger partial charge < -0.3 is 5.32 Å². The van der Waals surface area contributed by atoms with Crippen LogP contribution in [0, 0.1) is 13.8 Å². The number of carbonyl (C=O) groups is 1. The summed E-state index contributed by atoms with van der Waals surface area (Å²) in [7, 11) is 0. The molecule has 2 aromatic rings. The van der Waals surface area contributed by atoms with Crippen molar-refractivity contribution in [1.29, 1.82) is 0 Å². The average molecular weight is 348 g/mol. The number of nitrogens with one attached hydrogen (secondary N) is 1. The number of aromatic nitrogens is 2. The van der Waals surface area contributed by atoms with Crippen LogP contribution in [-0.2, 0) is 4.79 Å². The lowest BCUT2D eigenvalue weighted by Gasteiger charge is -2.05. The van der Waals surface area contributed by atoms with Crippen LogP contribution in [0.5, 0.6) is 0 Å². The SMILES string of the molecule is Cc1cc(C)nc(SCC(=O)NCCCSc2ccccc2)n1. The van der Waals surface area contributed by atoms with Gasteiger partial charge in [-0.3, -0.25) is 4.79 Å². The highest BCUT2D eigenvalue weighted by atomic mass is 32.2. The van der Waals surface area contributed by atoms with E-state index in [1.54, 1.807) is 0 Å². The Morgan fingerprint density at radius 3 is 2.48 bits per heavy atom. The van der Waals surface area contributed by atoms with Crippen LogP contribution in [0.2, 0.25) is 0 Å². The van der Waals surface area contributed by atoms with Crippen molar-refractivity contribution in [3.05, 3.63) is 47.8 Å². The molecule has 1 aromatic carbocycles. The van der Waals surface area contributed by atoms with Gasteiger partial charge in [0.2, 0.25) is 5.91 Å². The largest absolute Gasteiger partial charge is 0.355 e. The second-order valence-electron chi connectivity index (χ2n) is 5.09. The fourth-order valence-electron chi connectivity index (χ4n) is 1.95. The van der Waals surface area contributed by atoms with Crippen LogP contribution in [0.3, 0.4) is 0 Å². The van der Waals surface area contributed by atoms with E-state index in [9.17, 15) is 4.79 Å². The van der Waals surface area contributed by atoms with E-state index in [4.69, 9.17) is 0 Å². The molecule has 1 aromatic heterocycles. The van der Waals surface area contributed by atoms with Crippen molar-refractivity contribution in [2.45, 2.75) is 30.3 Å². The summed E-state index contributed by atoms with van der Waals surface area (Å²) in [6.07, 6.45) is 0.954. The number of hydrogen-bond acceptors (Lipinski definition) is 5.